The summed E-state index contributed by atoms with van der Waals surface area (Å²) in [5, 5.41) is 12.8. The van der Waals surface area contributed by atoms with E-state index in [4.69, 9.17) is 5.11 Å². The molecule has 56 valence electrons. The van der Waals surface area contributed by atoms with Crippen LogP contribution >= 0.6 is 0 Å². The van der Waals surface area contributed by atoms with Crippen molar-refractivity contribution in [3.63, 3.8) is 0 Å². The van der Waals surface area contributed by atoms with Gasteiger partial charge in [0, 0.05) is 12.3 Å². The van der Waals surface area contributed by atoms with Crippen LogP contribution in [0.15, 0.2) is 24.5 Å². The maximum absolute atomic E-state index is 12.5. The molecule has 0 aromatic carbocycles. The van der Waals surface area contributed by atoms with Crippen LogP contribution in [0.4, 0.5) is 4.39 Å². The molecule has 2 rings (SSSR count). The number of aromatic nitrogens is 2. The molecule has 0 radical (unpaired) electrons. The zero-order chi connectivity index (χ0) is 7.84. The highest BCUT2D eigenvalue weighted by molar-refractivity contribution is 5.57. The van der Waals surface area contributed by atoms with Gasteiger partial charge in [-0.05, 0) is 6.07 Å². The van der Waals surface area contributed by atoms with Crippen LogP contribution in [0.2, 0.25) is 0 Å². The summed E-state index contributed by atoms with van der Waals surface area (Å²) in [5.41, 5.74) is 0.380. The van der Waals surface area contributed by atoms with Crippen LogP contribution < -0.4 is 0 Å². The second-order valence-corrected chi connectivity index (χ2v) is 2.20. The third-order valence-electron chi connectivity index (χ3n) is 1.46. The number of hydrogen-bond donors (Lipinski definition) is 1. The van der Waals surface area contributed by atoms with Crippen LogP contribution in [0.25, 0.3) is 5.52 Å². The lowest BCUT2D eigenvalue weighted by atomic mass is 10.4. The van der Waals surface area contributed by atoms with Crippen molar-refractivity contribution in [3.8, 4) is 5.75 Å². The first-order valence-electron chi connectivity index (χ1n) is 3.09. The molecule has 0 saturated carbocycles. The summed E-state index contributed by atoms with van der Waals surface area (Å²) in [5.74, 6) is -0.391. The molecule has 0 aliphatic carbocycles. The Morgan fingerprint density at radius 3 is 3.18 bits per heavy atom. The molecule has 0 unspecified atom stereocenters. The summed E-state index contributed by atoms with van der Waals surface area (Å²) in [6, 6.07) is 2.50. The number of halogens is 1. The van der Waals surface area contributed by atoms with Crippen molar-refractivity contribution in [3.05, 3.63) is 30.3 Å². The van der Waals surface area contributed by atoms with Gasteiger partial charge in [0.05, 0.1) is 6.20 Å². The predicted molar refractivity (Wildman–Crippen MR) is 36.8 cm³/mol. The van der Waals surface area contributed by atoms with E-state index >= 15 is 0 Å². The van der Waals surface area contributed by atoms with Crippen molar-refractivity contribution in [2.75, 3.05) is 0 Å². The van der Waals surface area contributed by atoms with Gasteiger partial charge in [0.2, 0.25) is 0 Å². The number of rotatable bonds is 0. The maximum atomic E-state index is 12.5. The Bertz CT molecular complexity index is 396. The van der Waals surface area contributed by atoms with Gasteiger partial charge in [-0.1, -0.05) is 0 Å². The lowest BCUT2D eigenvalue weighted by Gasteiger charge is -1.91. The van der Waals surface area contributed by atoms with Gasteiger partial charge in [-0.15, -0.1) is 0 Å². The van der Waals surface area contributed by atoms with Gasteiger partial charge in [-0.3, -0.25) is 0 Å². The molecule has 1 N–H and O–H groups in total. The Kier molecular flexibility index (Phi) is 1.09. The molecule has 2 aromatic heterocycles. The largest absolute Gasteiger partial charge is 0.504 e. The highest BCUT2D eigenvalue weighted by Gasteiger charge is 2.01. The molecule has 0 atom stereocenters. The molecular weight excluding hydrogens is 147 g/mol. The summed E-state index contributed by atoms with van der Waals surface area (Å²) in [7, 11) is 0. The molecule has 11 heavy (non-hydrogen) atoms. The van der Waals surface area contributed by atoms with Crippen molar-refractivity contribution in [1.82, 2.24) is 9.61 Å². The second-order valence-electron chi connectivity index (χ2n) is 2.20. The van der Waals surface area contributed by atoms with Gasteiger partial charge in [0.25, 0.3) is 0 Å². The van der Waals surface area contributed by atoms with E-state index < -0.39 is 0 Å². The number of nitrogens with zero attached hydrogens (tertiary/aromatic N) is 2. The maximum Gasteiger partial charge on any atom is 0.161 e. The smallest absolute Gasteiger partial charge is 0.161 e. The number of fused-ring (bicyclic) bond motifs is 1. The molecule has 0 fully saturated rings. The van der Waals surface area contributed by atoms with Crippen LogP contribution in [0.5, 0.6) is 5.75 Å². The first kappa shape index (κ1) is 6.15. The van der Waals surface area contributed by atoms with E-state index in [2.05, 4.69) is 5.10 Å². The molecule has 3 nitrogen and oxygen atoms in total. The van der Waals surface area contributed by atoms with Crippen LogP contribution in [0, 0.1) is 5.82 Å². The lowest BCUT2D eigenvalue weighted by molar-refractivity contribution is 0.481. The van der Waals surface area contributed by atoms with Gasteiger partial charge in [0.15, 0.2) is 5.75 Å². The molecular formula is C7H5FN2O. The molecule has 0 aliphatic rings. The SMILES string of the molecule is Oc1cnn2ccc(F)cc12. The van der Waals surface area contributed by atoms with Crippen LogP contribution in [-0.2, 0) is 0 Å². The second kappa shape index (κ2) is 1.95. The Hall–Kier alpha value is -1.58. The Labute approximate surface area is 61.7 Å². The summed E-state index contributed by atoms with van der Waals surface area (Å²) in [6.45, 7) is 0. The monoisotopic (exact) mass is 152 g/mol. The van der Waals surface area contributed by atoms with Crippen molar-refractivity contribution in [1.29, 1.82) is 0 Å². The van der Waals surface area contributed by atoms with Crippen LogP contribution in [0.3, 0.4) is 0 Å². The minimum atomic E-state index is -0.381. The van der Waals surface area contributed by atoms with E-state index in [-0.39, 0.29) is 11.6 Å². The quantitative estimate of drug-likeness (QED) is 0.615. The number of pyridine rings is 1. The van der Waals surface area contributed by atoms with Crippen molar-refractivity contribution in [2.45, 2.75) is 0 Å². The first-order chi connectivity index (χ1) is 5.27. The summed E-state index contributed by atoms with van der Waals surface area (Å²) >= 11 is 0. The van der Waals surface area contributed by atoms with E-state index in [1.807, 2.05) is 0 Å². The molecule has 2 aromatic rings. The molecule has 2 heterocycles. The Morgan fingerprint density at radius 1 is 1.55 bits per heavy atom. The van der Waals surface area contributed by atoms with E-state index in [9.17, 15) is 4.39 Å². The predicted octanol–water partition coefficient (Wildman–Crippen LogP) is 1.18. The molecule has 4 heteroatoms. The normalized spacial score (nSPS) is 10.6. The van der Waals surface area contributed by atoms with Gasteiger partial charge in [-0.2, -0.15) is 5.10 Å². The first-order valence-corrected chi connectivity index (χ1v) is 3.09. The van der Waals surface area contributed by atoms with E-state index in [0.717, 1.165) is 0 Å². The lowest BCUT2D eigenvalue weighted by Crippen LogP contribution is -1.85. The summed E-state index contributed by atoms with van der Waals surface area (Å²) in [6.07, 6.45) is 2.72. The minimum absolute atomic E-state index is 0.00972. The van der Waals surface area contributed by atoms with Crippen LogP contribution in [-0.4, -0.2) is 14.7 Å². The Balaban J connectivity index is 2.87. The van der Waals surface area contributed by atoms with Gasteiger partial charge in [0.1, 0.15) is 11.3 Å². The van der Waals surface area contributed by atoms with Crippen molar-refractivity contribution >= 4 is 5.52 Å². The third kappa shape index (κ3) is 0.832. The summed E-state index contributed by atoms with van der Waals surface area (Å²) in [4.78, 5) is 0. The fraction of sp³-hybridized carbons (Fsp3) is 0. The van der Waals surface area contributed by atoms with E-state index in [1.165, 1.54) is 29.0 Å². The van der Waals surface area contributed by atoms with Gasteiger partial charge < -0.3 is 5.11 Å². The average Bonchev–Trinajstić information content (AvgIpc) is 2.33. The fourth-order valence-electron chi connectivity index (χ4n) is 0.942. The molecule has 0 saturated heterocycles. The molecule has 0 bridgehead atoms. The zero-order valence-electron chi connectivity index (χ0n) is 5.53. The molecule has 0 amide bonds. The van der Waals surface area contributed by atoms with Gasteiger partial charge >= 0.3 is 0 Å². The molecule has 0 spiro atoms. The zero-order valence-corrected chi connectivity index (χ0v) is 5.53. The third-order valence-corrected chi connectivity index (χ3v) is 1.46. The average molecular weight is 152 g/mol. The van der Waals surface area contributed by atoms with Crippen molar-refractivity contribution < 1.29 is 9.50 Å². The topological polar surface area (TPSA) is 37.5 Å². The minimum Gasteiger partial charge on any atom is -0.504 e. The Morgan fingerprint density at radius 2 is 2.36 bits per heavy atom. The van der Waals surface area contributed by atoms with E-state index in [1.54, 1.807) is 0 Å². The van der Waals surface area contributed by atoms with Crippen molar-refractivity contribution in [2.24, 2.45) is 0 Å². The fourth-order valence-corrected chi connectivity index (χ4v) is 0.942. The van der Waals surface area contributed by atoms with Crippen LogP contribution in [0.1, 0.15) is 0 Å². The number of aromatic hydroxyl groups is 1. The standard InChI is InChI=1S/C7H5FN2O/c8-5-1-2-10-6(3-5)7(11)4-9-10/h1-4,11H. The van der Waals surface area contributed by atoms with Gasteiger partial charge in [-0.25, -0.2) is 8.91 Å². The highest BCUT2D eigenvalue weighted by Crippen LogP contribution is 2.16. The summed E-state index contributed by atoms with van der Waals surface area (Å²) < 4.78 is 13.9. The molecule has 0 aliphatic heterocycles. The van der Waals surface area contributed by atoms with E-state index in [0.29, 0.717) is 5.52 Å². The number of hydrogen-bond acceptors (Lipinski definition) is 2. The highest BCUT2D eigenvalue weighted by atomic mass is 19.1.